The second kappa shape index (κ2) is 15.7. The molecule has 4 unspecified atom stereocenters. The first kappa shape index (κ1) is 33.1. The van der Waals surface area contributed by atoms with Crippen molar-refractivity contribution in [2.24, 2.45) is 27.9 Å². The second-order valence-electron chi connectivity index (χ2n) is 10.1. The number of carboxylic acids is 1. The van der Waals surface area contributed by atoms with Crippen molar-refractivity contribution in [3.05, 3.63) is 54.2 Å². The Hall–Kier alpha value is -5.45. The largest absolute Gasteiger partial charge is 0.480 e. The number of nitrogens with two attached hydrogens (primary N) is 4. The molecule has 17 heteroatoms. The third-order valence-corrected chi connectivity index (χ3v) is 6.66. The molecule has 0 saturated heterocycles. The first-order valence-electron chi connectivity index (χ1n) is 13.7. The van der Waals surface area contributed by atoms with Gasteiger partial charge in [-0.25, -0.2) is 9.78 Å². The van der Waals surface area contributed by atoms with E-state index in [1.54, 1.807) is 6.20 Å². The van der Waals surface area contributed by atoms with E-state index in [4.69, 9.17) is 22.9 Å². The summed E-state index contributed by atoms with van der Waals surface area (Å²) >= 11 is 0. The van der Waals surface area contributed by atoms with Gasteiger partial charge in [0.05, 0.1) is 18.8 Å². The van der Waals surface area contributed by atoms with Gasteiger partial charge in [0.1, 0.15) is 18.1 Å². The van der Waals surface area contributed by atoms with Crippen LogP contribution in [0, 0.1) is 0 Å². The van der Waals surface area contributed by atoms with Gasteiger partial charge < -0.3 is 54.0 Å². The highest BCUT2D eigenvalue weighted by atomic mass is 16.4. The lowest BCUT2D eigenvalue weighted by Crippen LogP contribution is -2.58. The van der Waals surface area contributed by atoms with Crippen molar-refractivity contribution in [2.75, 3.05) is 6.54 Å². The summed E-state index contributed by atoms with van der Waals surface area (Å²) in [5.41, 5.74) is 24.3. The van der Waals surface area contributed by atoms with Crippen molar-refractivity contribution in [1.82, 2.24) is 30.9 Å². The average Bonchev–Trinajstić information content (AvgIpc) is 3.63. The normalized spacial score (nSPS) is 13.7. The molecule has 0 fully saturated rings. The SMILES string of the molecule is NC(=O)CC(NC(=O)C(CCCN=C(N)N)NC(=O)C(N)Cc1c[nH]c2ccccc12)C(=O)NC(Cc1cnc[nH]1)C(=O)O. The Kier molecular flexibility index (Phi) is 11.8. The Bertz CT molecular complexity index is 1480. The fourth-order valence-electron chi connectivity index (χ4n) is 4.45. The number of aliphatic imine (C=N–C) groups is 1. The highest BCUT2D eigenvalue weighted by molar-refractivity contribution is 5.96. The van der Waals surface area contributed by atoms with Gasteiger partial charge in [-0.2, -0.15) is 0 Å². The van der Waals surface area contributed by atoms with Gasteiger partial charge in [0, 0.05) is 42.0 Å². The number of para-hydroxylation sites is 1. The predicted molar refractivity (Wildman–Crippen MR) is 159 cm³/mol. The lowest BCUT2D eigenvalue weighted by Gasteiger charge is -2.24. The molecular weight excluding hydrogens is 574 g/mol. The van der Waals surface area contributed by atoms with E-state index in [0.717, 1.165) is 16.5 Å². The maximum atomic E-state index is 13.4. The number of aliphatic carboxylic acids is 1. The van der Waals surface area contributed by atoms with E-state index in [1.807, 2.05) is 24.3 Å². The molecule has 3 rings (SSSR count). The number of carbonyl (C=O) groups excluding carboxylic acids is 4. The van der Waals surface area contributed by atoms with E-state index in [2.05, 4.69) is 35.9 Å². The highest BCUT2D eigenvalue weighted by Gasteiger charge is 2.31. The number of carboxylic acid groups (broad SMARTS) is 1. The maximum Gasteiger partial charge on any atom is 0.326 e. The summed E-state index contributed by atoms with van der Waals surface area (Å²) in [5.74, 6) is -4.88. The molecular formula is C27H37N11O6. The smallest absolute Gasteiger partial charge is 0.326 e. The van der Waals surface area contributed by atoms with Gasteiger partial charge >= 0.3 is 5.97 Å². The zero-order chi connectivity index (χ0) is 32.2. The van der Waals surface area contributed by atoms with Crippen LogP contribution in [0.25, 0.3) is 10.9 Å². The Labute approximate surface area is 251 Å². The zero-order valence-electron chi connectivity index (χ0n) is 23.8. The van der Waals surface area contributed by atoms with Crippen LogP contribution in [0.1, 0.15) is 30.5 Å². The number of H-pyrrole nitrogens is 2. The summed E-state index contributed by atoms with van der Waals surface area (Å²) in [6, 6.07) is 2.30. The summed E-state index contributed by atoms with van der Waals surface area (Å²) < 4.78 is 0. The standard InChI is InChI=1S/C27H37N11O6/c28-17(8-14-11-34-18-5-2-1-4-16(14)18)23(40)36-19(6-3-7-33-27(30)31)24(41)37-20(10-22(29)39)25(42)38-21(26(43)44)9-15-12-32-13-35-15/h1-2,4-5,11-13,17,19-21,34H,3,6-10,28H2,(H2,29,39)(H,32,35)(H,36,40)(H,37,41)(H,38,42)(H,43,44)(H4,30,31,33). The molecule has 0 aliphatic heterocycles. The Morgan fingerprint density at radius 1 is 0.909 bits per heavy atom. The quantitative estimate of drug-likeness (QED) is 0.0433. The number of hydrogen-bond donors (Lipinski definition) is 10. The molecule has 3 aromatic rings. The number of aromatic nitrogens is 3. The minimum Gasteiger partial charge on any atom is -0.480 e. The molecule has 2 heterocycles. The van der Waals surface area contributed by atoms with Crippen molar-refractivity contribution in [3.63, 3.8) is 0 Å². The number of nitrogens with zero attached hydrogens (tertiary/aromatic N) is 2. The summed E-state index contributed by atoms with van der Waals surface area (Å²) in [7, 11) is 0. The third-order valence-electron chi connectivity index (χ3n) is 6.66. The number of aromatic amines is 2. The molecule has 4 atom stereocenters. The number of fused-ring (bicyclic) bond motifs is 1. The summed E-state index contributed by atoms with van der Waals surface area (Å²) in [4.78, 5) is 76.6. The van der Waals surface area contributed by atoms with E-state index in [9.17, 15) is 29.1 Å². The van der Waals surface area contributed by atoms with Crippen LogP contribution in [0.5, 0.6) is 0 Å². The number of amides is 4. The number of benzene rings is 1. The number of hydrogen-bond acceptors (Lipinski definition) is 8. The van der Waals surface area contributed by atoms with Gasteiger partial charge in [0.15, 0.2) is 5.96 Å². The minimum atomic E-state index is -1.54. The molecule has 17 nitrogen and oxygen atoms in total. The molecule has 0 aliphatic carbocycles. The van der Waals surface area contributed by atoms with Crippen LogP contribution < -0.4 is 38.9 Å². The van der Waals surface area contributed by atoms with E-state index in [0.29, 0.717) is 5.69 Å². The number of rotatable bonds is 17. The lowest BCUT2D eigenvalue weighted by atomic mass is 10.0. The van der Waals surface area contributed by atoms with Crippen LogP contribution in [0.2, 0.25) is 0 Å². The van der Waals surface area contributed by atoms with Gasteiger partial charge in [-0.3, -0.25) is 24.2 Å². The Morgan fingerprint density at radius 2 is 1.59 bits per heavy atom. The molecule has 0 spiro atoms. The summed E-state index contributed by atoms with van der Waals surface area (Å²) in [6.07, 6.45) is 4.17. The summed E-state index contributed by atoms with van der Waals surface area (Å²) in [5, 5.41) is 17.8. The topological polar surface area (TPSA) is 303 Å². The van der Waals surface area contributed by atoms with Crippen molar-refractivity contribution in [1.29, 1.82) is 0 Å². The number of guanidine groups is 1. The van der Waals surface area contributed by atoms with Crippen molar-refractivity contribution in [2.45, 2.75) is 56.3 Å². The monoisotopic (exact) mass is 611 g/mol. The second-order valence-corrected chi connectivity index (χ2v) is 10.1. The minimum absolute atomic E-state index is 0.0383. The zero-order valence-corrected chi connectivity index (χ0v) is 23.8. The maximum absolute atomic E-state index is 13.4. The van der Waals surface area contributed by atoms with Gasteiger partial charge in [-0.1, -0.05) is 18.2 Å². The van der Waals surface area contributed by atoms with Gasteiger partial charge in [0.2, 0.25) is 23.6 Å². The predicted octanol–water partition coefficient (Wildman–Crippen LogP) is -2.53. The van der Waals surface area contributed by atoms with E-state index in [1.165, 1.54) is 12.5 Å². The van der Waals surface area contributed by atoms with Crippen LogP contribution in [-0.4, -0.2) is 86.3 Å². The van der Waals surface area contributed by atoms with Gasteiger partial charge in [-0.15, -0.1) is 0 Å². The van der Waals surface area contributed by atoms with Crippen LogP contribution >= 0.6 is 0 Å². The van der Waals surface area contributed by atoms with Crippen molar-refractivity contribution in [3.8, 4) is 0 Å². The Balaban J connectivity index is 1.72. The van der Waals surface area contributed by atoms with Crippen LogP contribution in [0.3, 0.4) is 0 Å². The first-order chi connectivity index (χ1) is 20.9. The lowest BCUT2D eigenvalue weighted by molar-refractivity contribution is -0.142. The third kappa shape index (κ3) is 9.83. The molecule has 2 aromatic heterocycles. The van der Waals surface area contributed by atoms with Gasteiger partial charge in [0.25, 0.3) is 0 Å². The fourth-order valence-corrected chi connectivity index (χ4v) is 4.45. The van der Waals surface area contributed by atoms with Crippen LogP contribution in [0.4, 0.5) is 0 Å². The Morgan fingerprint density at radius 3 is 2.25 bits per heavy atom. The molecule has 0 radical (unpaired) electrons. The number of carbonyl (C=O) groups is 5. The molecule has 0 saturated carbocycles. The van der Waals surface area contributed by atoms with E-state index >= 15 is 0 Å². The van der Waals surface area contributed by atoms with Crippen molar-refractivity contribution >= 4 is 46.5 Å². The molecule has 4 amide bonds. The molecule has 0 bridgehead atoms. The average molecular weight is 612 g/mol. The van der Waals surface area contributed by atoms with Crippen LogP contribution in [-0.2, 0) is 36.8 Å². The first-order valence-corrected chi connectivity index (χ1v) is 13.7. The fraction of sp³-hybridized carbons (Fsp3) is 0.370. The summed E-state index contributed by atoms with van der Waals surface area (Å²) in [6.45, 7) is 0.141. The molecule has 0 aliphatic rings. The van der Waals surface area contributed by atoms with E-state index in [-0.39, 0.29) is 38.2 Å². The highest BCUT2D eigenvalue weighted by Crippen LogP contribution is 2.19. The number of primary amides is 1. The number of imidazole rings is 1. The van der Waals surface area contributed by atoms with Crippen LogP contribution in [0.15, 0.2) is 48.0 Å². The number of nitrogens with one attached hydrogen (secondary N) is 5. The van der Waals surface area contributed by atoms with E-state index < -0.39 is 60.2 Å². The molecule has 1 aromatic carbocycles. The van der Waals surface area contributed by atoms with Gasteiger partial charge in [-0.05, 0) is 30.9 Å². The van der Waals surface area contributed by atoms with Crippen molar-refractivity contribution < 1.29 is 29.1 Å². The molecule has 44 heavy (non-hydrogen) atoms. The molecule has 14 N–H and O–H groups in total. The molecule has 236 valence electrons.